The van der Waals surface area contributed by atoms with Gasteiger partial charge in [-0.25, -0.2) is 4.98 Å². The fourth-order valence-corrected chi connectivity index (χ4v) is 4.76. The minimum Gasteiger partial charge on any atom is -0.345 e. The number of aromatic nitrogens is 3. The zero-order valence-corrected chi connectivity index (χ0v) is 19.1. The number of fused-ring (bicyclic) bond motifs is 1. The van der Waals surface area contributed by atoms with Crippen LogP contribution in [0.5, 0.6) is 0 Å². The molecule has 2 heterocycles. The van der Waals surface area contributed by atoms with E-state index in [1.165, 1.54) is 6.42 Å². The van der Waals surface area contributed by atoms with Gasteiger partial charge in [-0.1, -0.05) is 24.6 Å². The molecular formula is C27H29N5O. The van der Waals surface area contributed by atoms with E-state index in [-0.39, 0.29) is 11.6 Å². The van der Waals surface area contributed by atoms with Crippen LogP contribution in [0.4, 0.5) is 11.4 Å². The Labute approximate surface area is 193 Å². The number of hydrogen-bond acceptors (Lipinski definition) is 5. The number of nitrogens with zero attached hydrogens (tertiary/aromatic N) is 4. The van der Waals surface area contributed by atoms with Gasteiger partial charge in [0.25, 0.3) is 5.56 Å². The zero-order chi connectivity index (χ0) is 22.8. The van der Waals surface area contributed by atoms with E-state index in [0.717, 1.165) is 41.1 Å². The van der Waals surface area contributed by atoms with Gasteiger partial charge >= 0.3 is 0 Å². The molecule has 33 heavy (non-hydrogen) atoms. The van der Waals surface area contributed by atoms with E-state index in [2.05, 4.69) is 27.3 Å². The van der Waals surface area contributed by atoms with Crippen LogP contribution in [0, 0.1) is 5.92 Å². The lowest BCUT2D eigenvalue weighted by molar-refractivity contribution is 0.229. The summed E-state index contributed by atoms with van der Waals surface area (Å²) in [5.74, 6) is 1.20. The van der Waals surface area contributed by atoms with Crippen LogP contribution in [0.2, 0.25) is 0 Å². The summed E-state index contributed by atoms with van der Waals surface area (Å²) in [6.45, 7) is 0.533. The monoisotopic (exact) mass is 439 g/mol. The van der Waals surface area contributed by atoms with Gasteiger partial charge in [-0.3, -0.25) is 14.3 Å². The van der Waals surface area contributed by atoms with Gasteiger partial charge in [0.2, 0.25) is 0 Å². The highest BCUT2D eigenvalue weighted by Crippen LogP contribution is 2.40. The van der Waals surface area contributed by atoms with Crippen molar-refractivity contribution >= 4 is 22.3 Å². The van der Waals surface area contributed by atoms with Gasteiger partial charge in [-0.05, 0) is 73.8 Å². The van der Waals surface area contributed by atoms with Crippen molar-refractivity contribution in [2.75, 3.05) is 19.0 Å². The maximum atomic E-state index is 14.1. The van der Waals surface area contributed by atoms with E-state index < -0.39 is 0 Å². The van der Waals surface area contributed by atoms with Crippen molar-refractivity contribution in [2.45, 2.75) is 31.8 Å². The van der Waals surface area contributed by atoms with Crippen LogP contribution in [0.15, 0.2) is 77.9 Å². The molecule has 1 aliphatic carbocycles. The Bertz CT molecular complexity index is 1300. The van der Waals surface area contributed by atoms with E-state index in [4.69, 9.17) is 4.98 Å². The molecule has 0 saturated heterocycles. The van der Waals surface area contributed by atoms with Gasteiger partial charge in [0, 0.05) is 30.8 Å². The lowest BCUT2D eigenvalue weighted by Gasteiger charge is -2.36. The Balaban J connectivity index is 1.69. The first-order chi connectivity index (χ1) is 16.2. The first-order valence-electron chi connectivity index (χ1n) is 11.6. The zero-order valence-electron chi connectivity index (χ0n) is 19.1. The second kappa shape index (κ2) is 9.16. The average molecular weight is 440 g/mol. The van der Waals surface area contributed by atoms with Crippen LogP contribution >= 0.6 is 0 Å². The number of para-hydroxylation sites is 1. The summed E-state index contributed by atoms with van der Waals surface area (Å²) >= 11 is 0. The van der Waals surface area contributed by atoms with Crippen molar-refractivity contribution in [1.82, 2.24) is 19.9 Å². The van der Waals surface area contributed by atoms with Crippen LogP contribution in [-0.2, 0) is 6.54 Å². The van der Waals surface area contributed by atoms with Gasteiger partial charge in [0.05, 0.1) is 23.5 Å². The minimum atomic E-state index is -0.0370. The van der Waals surface area contributed by atoms with Crippen molar-refractivity contribution in [1.29, 1.82) is 0 Å². The van der Waals surface area contributed by atoms with Gasteiger partial charge in [0.1, 0.15) is 5.82 Å². The molecule has 1 fully saturated rings. The summed E-state index contributed by atoms with van der Waals surface area (Å²) in [4.78, 5) is 25.3. The first-order valence-corrected chi connectivity index (χ1v) is 11.6. The summed E-state index contributed by atoms with van der Waals surface area (Å²) in [5, 5.41) is 3.85. The number of benzene rings is 2. The Kier molecular flexibility index (Phi) is 5.92. The highest BCUT2D eigenvalue weighted by molar-refractivity contribution is 5.83. The smallest absolute Gasteiger partial charge is 0.262 e. The van der Waals surface area contributed by atoms with Crippen LogP contribution < -0.4 is 15.8 Å². The van der Waals surface area contributed by atoms with Crippen LogP contribution in [0.25, 0.3) is 10.9 Å². The molecule has 0 spiro atoms. The molecule has 1 atom stereocenters. The number of nitrogens with one attached hydrogen (secondary N) is 1. The van der Waals surface area contributed by atoms with E-state index in [9.17, 15) is 4.79 Å². The summed E-state index contributed by atoms with van der Waals surface area (Å²) in [7, 11) is 3.91. The fourth-order valence-electron chi connectivity index (χ4n) is 4.76. The largest absolute Gasteiger partial charge is 0.345 e. The molecule has 1 N–H and O–H groups in total. The molecule has 1 saturated carbocycles. The van der Waals surface area contributed by atoms with Gasteiger partial charge in [0.15, 0.2) is 0 Å². The maximum absolute atomic E-state index is 14.1. The average Bonchev–Trinajstić information content (AvgIpc) is 2.83. The molecule has 1 aliphatic rings. The quantitative estimate of drug-likeness (QED) is 0.453. The van der Waals surface area contributed by atoms with E-state index in [1.807, 2.05) is 79.6 Å². The molecule has 6 heteroatoms. The molecule has 6 nitrogen and oxygen atoms in total. The molecule has 168 valence electrons. The summed E-state index contributed by atoms with van der Waals surface area (Å²) in [5.41, 5.74) is 3.90. The third-order valence-corrected chi connectivity index (χ3v) is 6.74. The first kappa shape index (κ1) is 21.3. The van der Waals surface area contributed by atoms with Crippen molar-refractivity contribution < 1.29 is 0 Å². The maximum Gasteiger partial charge on any atom is 0.262 e. The molecule has 4 aromatic rings. The Morgan fingerprint density at radius 1 is 1.06 bits per heavy atom. The normalized spacial score (nSPS) is 14.7. The van der Waals surface area contributed by atoms with Crippen LogP contribution in [0.1, 0.15) is 36.7 Å². The predicted molar refractivity (Wildman–Crippen MR) is 133 cm³/mol. The second-order valence-electron chi connectivity index (χ2n) is 8.75. The standard InChI is InChI=1S/C27H29N5O/c1-28-18-25-30-24-12-11-22(31(2)21-9-4-3-5-10-21)17-23(24)27(33)32(25)26(19-7-6-8-19)20-13-15-29-16-14-20/h3-5,9-17,19,26,28H,6-8,18H2,1-2H3. The van der Waals surface area contributed by atoms with Crippen LogP contribution in [-0.4, -0.2) is 28.6 Å². The fraction of sp³-hybridized carbons (Fsp3) is 0.296. The van der Waals surface area contributed by atoms with Crippen molar-refractivity contribution in [2.24, 2.45) is 5.92 Å². The summed E-state index contributed by atoms with van der Waals surface area (Å²) in [6.07, 6.45) is 7.06. The number of hydrogen-bond donors (Lipinski definition) is 1. The predicted octanol–water partition coefficient (Wildman–Crippen LogP) is 4.67. The van der Waals surface area contributed by atoms with E-state index in [1.54, 1.807) is 0 Å². The van der Waals surface area contributed by atoms with Gasteiger partial charge < -0.3 is 10.2 Å². The lowest BCUT2D eigenvalue weighted by Crippen LogP contribution is -2.37. The molecule has 2 aromatic carbocycles. The topological polar surface area (TPSA) is 63.1 Å². The number of pyridine rings is 1. The third kappa shape index (κ3) is 4.02. The molecule has 0 bridgehead atoms. The molecule has 0 aliphatic heterocycles. The second-order valence-corrected chi connectivity index (χ2v) is 8.75. The molecule has 2 aromatic heterocycles. The number of rotatable bonds is 7. The highest BCUT2D eigenvalue weighted by Gasteiger charge is 2.32. The van der Waals surface area contributed by atoms with E-state index >= 15 is 0 Å². The SMILES string of the molecule is CNCc1nc2ccc(N(C)c3ccccc3)cc2c(=O)n1C(c1ccncc1)C1CCC1. The molecule has 0 amide bonds. The minimum absolute atomic E-state index is 0.0160. The number of anilines is 2. The summed E-state index contributed by atoms with van der Waals surface area (Å²) < 4.78 is 1.93. The van der Waals surface area contributed by atoms with Crippen LogP contribution in [0.3, 0.4) is 0 Å². The Morgan fingerprint density at radius 3 is 2.48 bits per heavy atom. The van der Waals surface area contributed by atoms with Gasteiger partial charge in [-0.15, -0.1) is 0 Å². The Morgan fingerprint density at radius 2 is 1.82 bits per heavy atom. The molecule has 5 rings (SSSR count). The molecule has 1 unspecified atom stereocenters. The molecular weight excluding hydrogens is 410 g/mol. The van der Waals surface area contributed by atoms with Crippen molar-refractivity contribution in [3.63, 3.8) is 0 Å². The highest BCUT2D eigenvalue weighted by atomic mass is 16.1. The molecule has 0 radical (unpaired) electrons. The van der Waals surface area contributed by atoms with Crippen molar-refractivity contribution in [3.8, 4) is 0 Å². The van der Waals surface area contributed by atoms with E-state index in [0.29, 0.717) is 17.8 Å². The Hall–Kier alpha value is -3.51. The summed E-state index contributed by atoms with van der Waals surface area (Å²) in [6, 6.07) is 20.1. The third-order valence-electron chi connectivity index (χ3n) is 6.74. The van der Waals surface area contributed by atoms with Crippen molar-refractivity contribution in [3.05, 3.63) is 94.8 Å². The van der Waals surface area contributed by atoms with Gasteiger partial charge in [-0.2, -0.15) is 0 Å². The lowest BCUT2D eigenvalue weighted by atomic mass is 9.77.